The van der Waals surface area contributed by atoms with E-state index in [1.54, 1.807) is 17.4 Å². The molecule has 3 heteroatoms. The van der Waals surface area contributed by atoms with Crippen LogP contribution >= 0.6 is 11.3 Å². The molecule has 19 heavy (non-hydrogen) atoms. The molecule has 0 saturated carbocycles. The zero-order valence-electron chi connectivity index (χ0n) is 11.3. The smallest absolute Gasteiger partial charge is 0.123 e. The van der Waals surface area contributed by atoms with Crippen molar-refractivity contribution >= 4 is 11.3 Å². The van der Waals surface area contributed by atoms with Crippen molar-refractivity contribution in [1.29, 1.82) is 0 Å². The molecule has 1 nitrogen and oxygen atoms in total. The molecule has 1 atom stereocenters. The van der Waals surface area contributed by atoms with E-state index in [4.69, 9.17) is 0 Å². The molecule has 1 aromatic carbocycles. The largest absolute Gasteiger partial charge is 0.389 e. The lowest BCUT2D eigenvalue weighted by molar-refractivity contribution is 0.0616. The third kappa shape index (κ3) is 4.15. The van der Waals surface area contributed by atoms with E-state index < -0.39 is 5.60 Å². The normalized spacial score (nSPS) is 14.3. The summed E-state index contributed by atoms with van der Waals surface area (Å²) in [7, 11) is 0. The summed E-state index contributed by atoms with van der Waals surface area (Å²) in [5.74, 6) is -0.252. The van der Waals surface area contributed by atoms with E-state index in [0.717, 1.165) is 12.0 Å². The Morgan fingerprint density at radius 1 is 1.16 bits per heavy atom. The topological polar surface area (TPSA) is 20.2 Å². The summed E-state index contributed by atoms with van der Waals surface area (Å²) in [6.07, 6.45) is 2.09. The maximum Gasteiger partial charge on any atom is 0.123 e. The zero-order valence-corrected chi connectivity index (χ0v) is 12.1. The predicted molar refractivity (Wildman–Crippen MR) is 78.1 cm³/mol. The van der Waals surface area contributed by atoms with Crippen LogP contribution in [0.5, 0.6) is 0 Å². The second-order valence-electron chi connectivity index (χ2n) is 5.20. The van der Waals surface area contributed by atoms with Gasteiger partial charge in [0.1, 0.15) is 5.82 Å². The summed E-state index contributed by atoms with van der Waals surface area (Å²) < 4.78 is 13.1. The van der Waals surface area contributed by atoms with Crippen molar-refractivity contribution in [1.82, 2.24) is 0 Å². The van der Waals surface area contributed by atoms with Crippen molar-refractivity contribution in [2.45, 2.75) is 38.7 Å². The molecule has 0 spiro atoms. The Morgan fingerprint density at radius 2 is 1.89 bits per heavy atom. The van der Waals surface area contributed by atoms with Gasteiger partial charge in [0.05, 0.1) is 5.60 Å². The van der Waals surface area contributed by atoms with Crippen LogP contribution in [0.1, 0.15) is 29.2 Å². The zero-order chi connectivity index (χ0) is 13.9. The molecule has 2 rings (SSSR count). The van der Waals surface area contributed by atoms with Gasteiger partial charge in [-0.05, 0) is 43.2 Å². The van der Waals surface area contributed by atoms with E-state index >= 15 is 0 Å². The molecule has 2 aromatic rings. The highest BCUT2D eigenvalue weighted by Crippen LogP contribution is 2.24. The van der Waals surface area contributed by atoms with Crippen molar-refractivity contribution < 1.29 is 9.50 Å². The number of hydrogen-bond donors (Lipinski definition) is 1. The number of rotatable bonds is 5. The second kappa shape index (κ2) is 5.85. The number of aryl methyl sites for hydroxylation is 1. The summed E-state index contributed by atoms with van der Waals surface area (Å²) in [4.78, 5) is 2.51. The van der Waals surface area contributed by atoms with Crippen LogP contribution in [0.3, 0.4) is 0 Å². The van der Waals surface area contributed by atoms with Gasteiger partial charge in [-0.25, -0.2) is 4.39 Å². The van der Waals surface area contributed by atoms with Gasteiger partial charge in [0.25, 0.3) is 0 Å². The molecular weight excluding hydrogens is 259 g/mol. The summed E-state index contributed by atoms with van der Waals surface area (Å²) >= 11 is 1.74. The molecule has 0 radical (unpaired) electrons. The highest BCUT2D eigenvalue weighted by atomic mass is 32.1. The summed E-state index contributed by atoms with van der Waals surface area (Å²) in [5, 5.41) is 10.5. The van der Waals surface area contributed by atoms with Gasteiger partial charge in [-0.2, -0.15) is 0 Å². The Kier molecular flexibility index (Phi) is 4.38. The van der Waals surface area contributed by atoms with E-state index in [1.165, 1.54) is 21.9 Å². The quantitative estimate of drug-likeness (QED) is 0.877. The summed E-state index contributed by atoms with van der Waals surface area (Å²) in [6.45, 7) is 3.93. The van der Waals surface area contributed by atoms with E-state index in [-0.39, 0.29) is 5.82 Å². The Labute approximate surface area is 117 Å². The van der Waals surface area contributed by atoms with Gasteiger partial charge in [-0.1, -0.05) is 19.1 Å². The van der Waals surface area contributed by atoms with Crippen molar-refractivity contribution in [2.24, 2.45) is 0 Å². The maximum atomic E-state index is 13.1. The van der Waals surface area contributed by atoms with Gasteiger partial charge in [0.2, 0.25) is 0 Å². The second-order valence-corrected chi connectivity index (χ2v) is 6.45. The molecule has 0 fully saturated rings. The van der Waals surface area contributed by atoms with Crippen molar-refractivity contribution in [3.05, 3.63) is 57.5 Å². The van der Waals surface area contributed by atoms with Gasteiger partial charge >= 0.3 is 0 Å². The summed E-state index contributed by atoms with van der Waals surface area (Å²) in [6, 6.07) is 10.6. The minimum absolute atomic E-state index is 0.252. The predicted octanol–water partition coefficient (Wildman–Crippen LogP) is 3.99. The Bertz CT molecular complexity index is 545. The lowest BCUT2D eigenvalue weighted by Crippen LogP contribution is -2.29. The Hall–Kier alpha value is -1.19. The number of aliphatic hydroxyl groups is 1. The van der Waals surface area contributed by atoms with E-state index in [0.29, 0.717) is 12.8 Å². The first kappa shape index (κ1) is 14.2. The summed E-state index contributed by atoms with van der Waals surface area (Å²) in [5.41, 5.74) is -0.0128. The SMILES string of the molecule is CCc1ccc(CC(C)(O)Cc2cccc(F)c2)s1. The number of thiophene rings is 1. The first-order chi connectivity index (χ1) is 8.98. The van der Waals surface area contributed by atoms with Gasteiger partial charge in [0.15, 0.2) is 0 Å². The van der Waals surface area contributed by atoms with Crippen LogP contribution in [0.25, 0.3) is 0 Å². The van der Waals surface area contributed by atoms with Crippen molar-refractivity contribution in [3.8, 4) is 0 Å². The van der Waals surface area contributed by atoms with Crippen LogP contribution in [-0.4, -0.2) is 10.7 Å². The third-order valence-electron chi connectivity index (χ3n) is 3.09. The minimum atomic E-state index is -0.844. The molecule has 102 valence electrons. The highest BCUT2D eigenvalue weighted by molar-refractivity contribution is 7.12. The molecule has 0 bridgehead atoms. The third-order valence-corrected chi connectivity index (χ3v) is 4.32. The first-order valence-electron chi connectivity index (χ1n) is 6.53. The minimum Gasteiger partial charge on any atom is -0.389 e. The Balaban J connectivity index is 2.05. The molecule has 0 aliphatic rings. The van der Waals surface area contributed by atoms with Gasteiger partial charge in [0, 0.05) is 22.6 Å². The first-order valence-corrected chi connectivity index (χ1v) is 7.34. The fourth-order valence-corrected chi connectivity index (χ4v) is 3.37. The molecule has 0 aliphatic carbocycles. The maximum absolute atomic E-state index is 13.1. The molecule has 1 heterocycles. The molecular formula is C16H19FOS. The van der Waals surface area contributed by atoms with E-state index in [9.17, 15) is 9.50 Å². The van der Waals surface area contributed by atoms with Crippen LogP contribution in [0, 0.1) is 5.82 Å². The molecule has 0 aliphatic heterocycles. The van der Waals surface area contributed by atoms with E-state index in [2.05, 4.69) is 19.1 Å². The van der Waals surface area contributed by atoms with Crippen LogP contribution in [0.2, 0.25) is 0 Å². The average molecular weight is 278 g/mol. The lowest BCUT2D eigenvalue weighted by atomic mass is 9.92. The Morgan fingerprint density at radius 3 is 2.53 bits per heavy atom. The van der Waals surface area contributed by atoms with Crippen molar-refractivity contribution in [3.63, 3.8) is 0 Å². The van der Waals surface area contributed by atoms with E-state index in [1.807, 2.05) is 13.0 Å². The molecule has 1 N–H and O–H groups in total. The number of benzene rings is 1. The standard InChI is InChI=1S/C16H19FOS/c1-3-14-7-8-15(19-14)11-16(2,18)10-12-5-4-6-13(17)9-12/h4-9,18H,3,10-11H2,1-2H3. The number of hydrogen-bond acceptors (Lipinski definition) is 2. The lowest BCUT2D eigenvalue weighted by Gasteiger charge is -2.22. The fourth-order valence-electron chi connectivity index (χ4n) is 2.23. The van der Waals surface area contributed by atoms with Gasteiger partial charge < -0.3 is 5.11 Å². The molecule has 0 saturated heterocycles. The molecule has 0 amide bonds. The molecule has 1 aromatic heterocycles. The van der Waals surface area contributed by atoms with Crippen LogP contribution in [0.15, 0.2) is 36.4 Å². The molecule has 1 unspecified atom stereocenters. The van der Waals surface area contributed by atoms with Crippen molar-refractivity contribution in [2.75, 3.05) is 0 Å². The monoisotopic (exact) mass is 278 g/mol. The average Bonchev–Trinajstić information content (AvgIpc) is 2.75. The van der Waals surface area contributed by atoms with Crippen LogP contribution in [-0.2, 0) is 19.3 Å². The van der Waals surface area contributed by atoms with Crippen LogP contribution < -0.4 is 0 Å². The number of halogens is 1. The fraction of sp³-hybridized carbons (Fsp3) is 0.375. The highest BCUT2D eigenvalue weighted by Gasteiger charge is 2.22. The van der Waals surface area contributed by atoms with Gasteiger partial charge in [-0.3, -0.25) is 0 Å². The van der Waals surface area contributed by atoms with Crippen LogP contribution in [0.4, 0.5) is 4.39 Å². The van der Waals surface area contributed by atoms with Gasteiger partial charge in [-0.15, -0.1) is 11.3 Å².